The highest BCUT2D eigenvalue weighted by atomic mass is 16.5. The number of morpholine rings is 1. The molecular weight excluding hydrogens is 278 g/mol. The maximum atomic E-state index is 5.37. The van der Waals surface area contributed by atoms with Gasteiger partial charge in [-0.3, -0.25) is 9.58 Å². The third-order valence-electron chi connectivity index (χ3n) is 4.11. The first kappa shape index (κ1) is 13.5. The maximum Gasteiger partial charge on any atom is 0.0661 e. The molecule has 0 bridgehead atoms. The molecule has 0 aliphatic carbocycles. The fourth-order valence-corrected chi connectivity index (χ4v) is 2.79. The molecule has 6 nitrogen and oxygen atoms in total. The van der Waals surface area contributed by atoms with Gasteiger partial charge in [0, 0.05) is 49.4 Å². The lowest BCUT2D eigenvalue weighted by Crippen LogP contribution is -2.38. The molecular formula is C16H19N5O. The lowest BCUT2D eigenvalue weighted by Gasteiger charge is -2.26. The zero-order valence-corrected chi connectivity index (χ0v) is 12.4. The molecule has 0 N–H and O–H groups in total. The second-order valence-electron chi connectivity index (χ2n) is 5.56. The van der Waals surface area contributed by atoms with Crippen molar-refractivity contribution in [3.8, 4) is 11.1 Å². The summed E-state index contributed by atoms with van der Waals surface area (Å²) in [6, 6.07) is 6.18. The lowest BCUT2D eigenvalue weighted by atomic mass is 10.1. The van der Waals surface area contributed by atoms with E-state index in [1.807, 2.05) is 33.9 Å². The summed E-state index contributed by atoms with van der Waals surface area (Å²) in [6.45, 7) is 5.64. The predicted molar refractivity (Wildman–Crippen MR) is 83.7 cm³/mol. The zero-order chi connectivity index (χ0) is 14.8. The molecule has 4 rings (SSSR count). The highest BCUT2D eigenvalue weighted by Crippen LogP contribution is 2.19. The van der Waals surface area contributed by atoms with Gasteiger partial charge >= 0.3 is 0 Å². The Bertz CT molecular complexity index is 757. The van der Waals surface area contributed by atoms with Crippen LogP contribution in [0, 0.1) is 0 Å². The summed E-state index contributed by atoms with van der Waals surface area (Å²) in [6.07, 6.45) is 7.87. The normalized spacial score (nSPS) is 16.4. The average molecular weight is 297 g/mol. The molecule has 114 valence electrons. The van der Waals surface area contributed by atoms with E-state index in [0.29, 0.717) is 0 Å². The van der Waals surface area contributed by atoms with Crippen molar-refractivity contribution in [2.75, 3.05) is 32.8 Å². The quantitative estimate of drug-likeness (QED) is 0.733. The van der Waals surface area contributed by atoms with Gasteiger partial charge in [0.05, 0.1) is 31.5 Å². The Balaban J connectivity index is 1.46. The summed E-state index contributed by atoms with van der Waals surface area (Å²) >= 11 is 0. The molecule has 0 aromatic carbocycles. The maximum absolute atomic E-state index is 5.37. The predicted octanol–water partition coefficient (Wildman–Crippen LogP) is 1.53. The van der Waals surface area contributed by atoms with Crippen molar-refractivity contribution >= 4 is 5.52 Å². The van der Waals surface area contributed by atoms with Crippen LogP contribution in [0.25, 0.3) is 16.6 Å². The van der Waals surface area contributed by atoms with Gasteiger partial charge in [-0.2, -0.15) is 10.2 Å². The van der Waals surface area contributed by atoms with Crippen LogP contribution in [-0.2, 0) is 11.3 Å². The summed E-state index contributed by atoms with van der Waals surface area (Å²) in [7, 11) is 0. The van der Waals surface area contributed by atoms with E-state index >= 15 is 0 Å². The van der Waals surface area contributed by atoms with Crippen molar-refractivity contribution in [1.29, 1.82) is 0 Å². The molecule has 4 heterocycles. The molecule has 22 heavy (non-hydrogen) atoms. The smallest absolute Gasteiger partial charge is 0.0661 e. The molecule has 1 aliphatic heterocycles. The van der Waals surface area contributed by atoms with Crippen LogP contribution in [0.5, 0.6) is 0 Å². The number of ether oxygens (including phenoxy) is 1. The van der Waals surface area contributed by atoms with Crippen molar-refractivity contribution in [1.82, 2.24) is 24.3 Å². The number of rotatable bonds is 4. The molecule has 0 atom stereocenters. The van der Waals surface area contributed by atoms with E-state index in [0.717, 1.165) is 56.0 Å². The van der Waals surface area contributed by atoms with Crippen LogP contribution in [0.2, 0.25) is 0 Å². The zero-order valence-electron chi connectivity index (χ0n) is 12.4. The first-order valence-corrected chi connectivity index (χ1v) is 7.65. The first-order chi connectivity index (χ1) is 10.9. The number of hydrogen-bond donors (Lipinski definition) is 0. The van der Waals surface area contributed by atoms with Crippen molar-refractivity contribution in [3.05, 3.63) is 43.0 Å². The Hall–Kier alpha value is -2.18. The summed E-state index contributed by atoms with van der Waals surface area (Å²) in [5.41, 5.74) is 3.36. The average Bonchev–Trinajstić information content (AvgIpc) is 3.22. The summed E-state index contributed by atoms with van der Waals surface area (Å²) in [4.78, 5) is 2.42. The Kier molecular flexibility index (Phi) is 3.62. The van der Waals surface area contributed by atoms with E-state index in [9.17, 15) is 0 Å². The Morgan fingerprint density at radius 1 is 0.955 bits per heavy atom. The van der Waals surface area contributed by atoms with Crippen LogP contribution in [-0.4, -0.2) is 57.1 Å². The standard InChI is InChI=1S/C16H19N5O/c1-2-16-3-4-17-21(16)13-14(1)15-11-18-20(12-15)6-5-19-7-9-22-10-8-19/h1-4,11-13H,5-10H2. The first-order valence-electron chi connectivity index (χ1n) is 7.65. The molecule has 6 heteroatoms. The molecule has 0 saturated carbocycles. The fraction of sp³-hybridized carbons (Fsp3) is 0.375. The van der Waals surface area contributed by atoms with Crippen LogP contribution in [0.1, 0.15) is 0 Å². The number of nitrogens with zero attached hydrogens (tertiary/aromatic N) is 5. The SMILES string of the molecule is c1cc2ccc(-c3cnn(CCN4CCOCC4)c3)cn2n1. The Morgan fingerprint density at radius 2 is 1.86 bits per heavy atom. The van der Waals surface area contributed by atoms with Gasteiger partial charge in [-0.05, 0) is 12.1 Å². The van der Waals surface area contributed by atoms with Gasteiger partial charge in [0.25, 0.3) is 0 Å². The van der Waals surface area contributed by atoms with Crippen LogP contribution in [0.3, 0.4) is 0 Å². The van der Waals surface area contributed by atoms with Crippen molar-refractivity contribution < 1.29 is 4.74 Å². The third-order valence-corrected chi connectivity index (χ3v) is 4.11. The molecule has 0 amide bonds. The highest BCUT2D eigenvalue weighted by molar-refractivity contribution is 5.63. The number of aromatic nitrogens is 4. The largest absolute Gasteiger partial charge is 0.379 e. The van der Waals surface area contributed by atoms with E-state index < -0.39 is 0 Å². The van der Waals surface area contributed by atoms with Gasteiger partial charge in [-0.25, -0.2) is 4.52 Å². The second kappa shape index (κ2) is 5.90. The minimum atomic E-state index is 0.842. The number of fused-ring (bicyclic) bond motifs is 1. The van der Waals surface area contributed by atoms with Crippen LogP contribution >= 0.6 is 0 Å². The van der Waals surface area contributed by atoms with Gasteiger partial charge < -0.3 is 4.74 Å². The van der Waals surface area contributed by atoms with Gasteiger partial charge in [0.15, 0.2) is 0 Å². The van der Waals surface area contributed by atoms with Crippen LogP contribution in [0.4, 0.5) is 0 Å². The van der Waals surface area contributed by atoms with Crippen molar-refractivity contribution in [2.45, 2.75) is 6.54 Å². The monoisotopic (exact) mass is 297 g/mol. The van der Waals surface area contributed by atoms with Gasteiger partial charge in [-0.15, -0.1) is 0 Å². The molecule has 0 spiro atoms. The summed E-state index contributed by atoms with van der Waals surface area (Å²) in [5, 5.41) is 8.75. The molecule has 1 saturated heterocycles. The summed E-state index contributed by atoms with van der Waals surface area (Å²) < 4.78 is 9.27. The Morgan fingerprint density at radius 3 is 2.77 bits per heavy atom. The van der Waals surface area contributed by atoms with E-state index in [2.05, 4.69) is 33.4 Å². The molecule has 3 aromatic rings. The van der Waals surface area contributed by atoms with Crippen LogP contribution in [0.15, 0.2) is 43.0 Å². The lowest BCUT2D eigenvalue weighted by molar-refractivity contribution is 0.0360. The molecule has 3 aromatic heterocycles. The van der Waals surface area contributed by atoms with Crippen molar-refractivity contribution in [2.24, 2.45) is 0 Å². The molecule has 0 unspecified atom stereocenters. The minimum absolute atomic E-state index is 0.842. The third kappa shape index (κ3) is 2.75. The molecule has 1 fully saturated rings. The van der Waals surface area contributed by atoms with Gasteiger partial charge in [0.1, 0.15) is 0 Å². The fourth-order valence-electron chi connectivity index (χ4n) is 2.79. The van der Waals surface area contributed by atoms with E-state index in [4.69, 9.17) is 4.74 Å². The molecule has 0 radical (unpaired) electrons. The summed E-state index contributed by atoms with van der Waals surface area (Å²) in [5.74, 6) is 0. The van der Waals surface area contributed by atoms with Gasteiger partial charge in [0.2, 0.25) is 0 Å². The highest BCUT2D eigenvalue weighted by Gasteiger charge is 2.10. The van der Waals surface area contributed by atoms with E-state index in [-0.39, 0.29) is 0 Å². The topological polar surface area (TPSA) is 47.6 Å². The molecule has 1 aliphatic rings. The number of pyridine rings is 1. The number of hydrogen-bond acceptors (Lipinski definition) is 4. The van der Waals surface area contributed by atoms with E-state index in [1.54, 1.807) is 0 Å². The van der Waals surface area contributed by atoms with Crippen LogP contribution < -0.4 is 0 Å². The van der Waals surface area contributed by atoms with E-state index in [1.165, 1.54) is 0 Å². The Labute approximate surface area is 128 Å². The van der Waals surface area contributed by atoms with Crippen molar-refractivity contribution in [3.63, 3.8) is 0 Å². The second-order valence-corrected chi connectivity index (χ2v) is 5.56. The minimum Gasteiger partial charge on any atom is -0.379 e. The van der Waals surface area contributed by atoms with Gasteiger partial charge in [-0.1, -0.05) is 6.07 Å².